The van der Waals surface area contributed by atoms with E-state index in [-0.39, 0.29) is 0 Å². The summed E-state index contributed by atoms with van der Waals surface area (Å²) in [5.74, 6) is 1.83. The maximum atomic E-state index is 11.7. The van der Waals surface area contributed by atoms with Crippen LogP contribution in [0, 0.1) is 17.3 Å². The van der Waals surface area contributed by atoms with E-state index in [9.17, 15) is 4.79 Å². The molecule has 70 valence electrons. The smallest absolute Gasteiger partial charge is 0.136 e. The molecule has 0 aromatic carbocycles. The van der Waals surface area contributed by atoms with Crippen LogP contribution in [0.4, 0.5) is 0 Å². The second-order valence-corrected chi connectivity index (χ2v) is 5.02. The lowest BCUT2D eigenvalue weighted by Crippen LogP contribution is -2.46. The van der Waals surface area contributed by atoms with Crippen LogP contribution in [0.1, 0.15) is 38.5 Å². The number of fused-ring (bicyclic) bond motifs is 2. The number of allylic oxidation sites excluding steroid dienone is 2. The van der Waals surface area contributed by atoms with E-state index in [4.69, 9.17) is 0 Å². The Kier molecular flexibility index (Phi) is 1.47. The van der Waals surface area contributed by atoms with E-state index in [2.05, 4.69) is 12.2 Å². The Morgan fingerprint density at radius 1 is 1.38 bits per heavy atom. The number of carbonyl (C=O) groups is 1. The van der Waals surface area contributed by atoms with E-state index < -0.39 is 0 Å². The number of Topliss-reactive ketones (excluding diaryl/α,β-unsaturated/α-hetero) is 1. The number of hydrogen-bond donors (Lipinski definition) is 0. The van der Waals surface area contributed by atoms with Crippen molar-refractivity contribution < 1.29 is 4.79 Å². The molecule has 1 heteroatoms. The van der Waals surface area contributed by atoms with Crippen molar-refractivity contribution in [3.8, 4) is 0 Å². The molecule has 0 heterocycles. The average molecular weight is 176 g/mol. The van der Waals surface area contributed by atoms with Crippen molar-refractivity contribution in [3.63, 3.8) is 0 Å². The van der Waals surface area contributed by atoms with Gasteiger partial charge in [-0.15, -0.1) is 0 Å². The van der Waals surface area contributed by atoms with Gasteiger partial charge in [-0.3, -0.25) is 4.79 Å². The van der Waals surface area contributed by atoms with Crippen LogP contribution in [-0.2, 0) is 4.79 Å². The third-order valence-corrected chi connectivity index (χ3v) is 4.43. The molecule has 0 amide bonds. The van der Waals surface area contributed by atoms with Crippen molar-refractivity contribution in [2.75, 3.05) is 0 Å². The fourth-order valence-electron chi connectivity index (χ4n) is 3.64. The van der Waals surface area contributed by atoms with Crippen molar-refractivity contribution in [2.24, 2.45) is 17.3 Å². The van der Waals surface area contributed by atoms with Gasteiger partial charge >= 0.3 is 0 Å². The molecule has 0 saturated heterocycles. The van der Waals surface area contributed by atoms with Gasteiger partial charge in [0.15, 0.2) is 0 Å². The Balaban J connectivity index is 2.01. The van der Waals surface area contributed by atoms with Gasteiger partial charge in [0.2, 0.25) is 0 Å². The van der Waals surface area contributed by atoms with Crippen molar-refractivity contribution in [1.29, 1.82) is 0 Å². The Bertz CT molecular complexity index is 279. The maximum Gasteiger partial charge on any atom is 0.136 e. The minimum Gasteiger partial charge on any atom is -0.299 e. The number of ketones is 1. The predicted octanol–water partition coefficient (Wildman–Crippen LogP) is 2.71. The van der Waals surface area contributed by atoms with Gasteiger partial charge in [-0.2, -0.15) is 0 Å². The van der Waals surface area contributed by atoms with E-state index in [0.717, 1.165) is 12.3 Å². The van der Waals surface area contributed by atoms with Crippen molar-refractivity contribution in [2.45, 2.75) is 38.5 Å². The Hall–Kier alpha value is -0.590. The fourth-order valence-corrected chi connectivity index (χ4v) is 3.64. The Labute approximate surface area is 79.2 Å². The summed E-state index contributed by atoms with van der Waals surface area (Å²) in [7, 11) is 0. The fraction of sp³-hybridized carbons (Fsp3) is 0.750. The normalized spacial score (nSPS) is 47.8. The molecule has 4 rings (SSSR count). The standard InChI is InChI=1S/C12H16O/c13-11-8-12-5-2-1-3-10(12)7-9(11)4-6-12/h2,5,9-10H,1,3-4,6-8H2/t9-,10+,12-/m0/s1. The number of carbonyl (C=O) groups excluding carboxylic acids is 1. The van der Waals surface area contributed by atoms with E-state index in [1.165, 1.54) is 32.1 Å². The maximum absolute atomic E-state index is 11.7. The second-order valence-electron chi connectivity index (χ2n) is 5.02. The molecule has 0 aromatic heterocycles. The van der Waals surface area contributed by atoms with Crippen LogP contribution in [0.15, 0.2) is 12.2 Å². The van der Waals surface area contributed by atoms with Crippen molar-refractivity contribution in [1.82, 2.24) is 0 Å². The van der Waals surface area contributed by atoms with Crippen LogP contribution >= 0.6 is 0 Å². The summed E-state index contributed by atoms with van der Waals surface area (Å²) in [5.41, 5.74) is 0.323. The predicted molar refractivity (Wildman–Crippen MR) is 51.3 cm³/mol. The van der Waals surface area contributed by atoms with Gasteiger partial charge in [-0.05, 0) is 43.4 Å². The highest BCUT2D eigenvalue weighted by molar-refractivity contribution is 5.84. The van der Waals surface area contributed by atoms with E-state index in [1.807, 2.05) is 0 Å². The zero-order chi connectivity index (χ0) is 8.89. The molecule has 0 N–H and O–H groups in total. The minimum absolute atomic E-state index is 0.323. The first-order valence-corrected chi connectivity index (χ1v) is 5.51. The molecule has 3 fully saturated rings. The Morgan fingerprint density at radius 2 is 2.31 bits per heavy atom. The van der Waals surface area contributed by atoms with Gasteiger partial charge in [0.05, 0.1) is 0 Å². The molecule has 0 aliphatic heterocycles. The summed E-state index contributed by atoms with van der Waals surface area (Å²) in [6.07, 6.45) is 11.8. The zero-order valence-electron chi connectivity index (χ0n) is 7.96. The number of hydrogen-bond acceptors (Lipinski definition) is 1. The molecule has 3 atom stereocenters. The lowest BCUT2D eigenvalue weighted by atomic mass is 9.52. The van der Waals surface area contributed by atoms with Gasteiger partial charge in [0.1, 0.15) is 5.78 Å². The molecule has 13 heavy (non-hydrogen) atoms. The topological polar surface area (TPSA) is 17.1 Å². The van der Waals surface area contributed by atoms with Crippen LogP contribution in [0.25, 0.3) is 0 Å². The summed E-state index contributed by atoms with van der Waals surface area (Å²) in [6.45, 7) is 0. The zero-order valence-corrected chi connectivity index (χ0v) is 7.96. The van der Waals surface area contributed by atoms with Gasteiger partial charge in [-0.25, -0.2) is 0 Å². The molecule has 1 nitrogen and oxygen atoms in total. The third-order valence-electron chi connectivity index (χ3n) is 4.43. The van der Waals surface area contributed by atoms with Crippen LogP contribution in [-0.4, -0.2) is 5.78 Å². The molecule has 0 unspecified atom stereocenters. The molecule has 0 aromatic rings. The molecule has 0 radical (unpaired) electrons. The van der Waals surface area contributed by atoms with Crippen LogP contribution < -0.4 is 0 Å². The third kappa shape index (κ3) is 0.962. The quantitative estimate of drug-likeness (QED) is 0.519. The van der Waals surface area contributed by atoms with Gasteiger partial charge in [0, 0.05) is 12.3 Å². The van der Waals surface area contributed by atoms with Crippen molar-refractivity contribution >= 4 is 5.78 Å². The summed E-state index contributed by atoms with van der Waals surface area (Å²) in [4.78, 5) is 11.7. The summed E-state index contributed by atoms with van der Waals surface area (Å²) in [5, 5.41) is 0. The largest absolute Gasteiger partial charge is 0.299 e. The van der Waals surface area contributed by atoms with Gasteiger partial charge < -0.3 is 0 Å². The Morgan fingerprint density at radius 3 is 3.15 bits per heavy atom. The second kappa shape index (κ2) is 2.46. The first kappa shape index (κ1) is 7.78. The lowest BCUT2D eigenvalue weighted by molar-refractivity contribution is -0.135. The first-order valence-electron chi connectivity index (χ1n) is 5.51. The van der Waals surface area contributed by atoms with E-state index in [1.54, 1.807) is 0 Å². The molecule has 3 saturated carbocycles. The van der Waals surface area contributed by atoms with Crippen LogP contribution in [0.2, 0.25) is 0 Å². The highest BCUT2D eigenvalue weighted by Gasteiger charge is 2.50. The molecule has 4 aliphatic rings. The van der Waals surface area contributed by atoms with Crippen LogP contribution in [0.3, 0.4) is 0 Å². The summed E-state index contributed by atoms with van der Waals surface area (Å²) >= 11 is 0. The summed E-state index contributed by atoms with van der Waals surface area (Å²) < 4.78 is 0. The lowest BCUT2D eigenvalue weighted by Gasteiger charge is -2.51. The minimum atomic E-state index is 0.323. The number of rotatable bonds is 0. The van der Waals surface area contributed by atoms with Crippen LogP contribution in [0.5, 0.6) is 0 Å². The van der Waals surface area contributed by atoms with Crippen molar-refractivity contribution in [3.05, 3.63) is 12.2 Å². The van der Waals surface area contributed by atoms with Gasteiger partial charge in [-0.1, -0.05) is 12.2 Å². The molecular formula is C12H16O. The molecular weight excluding hydrogens is 160 g/mol. The SMILES string of the molecule is O=C1C[C@@]23C=CCC[C@@H]2C[C@@H]1CC3. The highest BCUT2D eigenvalue weighted by atomic mass is 16.1. The highest BCUT2D eigenvalue weighted by Crippen LogP contribution is 2.56. The first-order chi connectivity index (χ1) is 6.30. The molecule has 1 spiro atoms. The van der Waals surface area contributed by atoms with E-state index >= 15 is 0 Å². The molecule has 2 bridgehead atoms. The van der Waals surface area contributed by atoms with E-state index in [0.29, 0.717) is 17.1 Å². The average Bonchev–Trinajstić information content (AvgIpc) is 2.16. The van der Waals surface area contributed by atoms with Gasteiger partial charge in [0.25, 0.3) is 0 Å². The monoisotopic (exact) mass is 176 g/mol. The molecule has 4 aliphatic carbocycles. The summed E-state index contributed by atoms with van der Waals surface area (Å²) in [6, 6.07) is 0.